The molecule has 0 saturated carbocycles. The number of nitrogens with one attached hydrogen (secondary N) is 1. The Kier molecular flexibility index (Phi) is 6.25. The van der Waals surface area contributed by atoms with Crippen LogP contribution in [-0.4, -0.2) is 39.7 Å². The van der Waals surface area contributed by atoms with Crippen LogP contribution in [0.15, 0.2) is 47.4 Å². The van der Waals surface area contributed by atoms with Gasteiger partial charge in [0.15, 0.2) is 0 Å². The molecule has 0 radical (unpaired) electrons. The Morgan fingerprint density at radius 3 is 2.00 bits per heavy atom. The van der Waals surface area contributed by atoms with Crippen molar-refractivity contribution in [1.29, 1.82) is 0 Å². The lowest BCUT2D eigenvalue weighted by Crippen LogP contribution is -2.28. The molecule has 0 fully saturated rings. The molecular weight excluding hydrogens is 372 g/mol. The van der Waals surface area contributed by atoms with Crippen LogP contribution in [0.3, 0.4) is 0 Å². The Labute approximate surface area is 149 Å². The third-order valence-electron chi connectivity index (χ3n) is 3.87. The van der Waals surface area contributed by atoms with Crippen molar-refractivity contribution in [3.63, 3.8) is 0 Å². The molecule has 9 heteroatoms. The number of hydrogen-bond donors (Lipinski definition) is 1. The molecule has 1 atom stereocenters. The number of halogens is 4. The summed E-state index contributed by atoms with van der Waals surface area (Å²) < 4.78 is 75.9. The highest BCUT2D eigenvalue weighted by atomic mass is 32.2. The summed E-state index contributed by atoms with van der Waals surface area (Å²) in [5, 5.41) is 2.93. The molecule has 2 aromatic rings. The maximum absolute atomic E-state index is 14.0. The van der Waals surface area contributed by atoms with E-state index in [0.29, 0.717) is 5.69 Å². The van der Waals surface area contributed by atoms with Gasteiger partial charge in [-0.25, -0.2) is 17.2 Å². The number of benzene rings is 2. The summed E-state index contributed by atoms with van der Waals surface area (Å²) in [7, 11) is -1.33. The molecule has 142 valence electrons. The predicted octanol–water partition coefficient (Wildman–Crippen LogP) is 3.68. The first kappa shape index (κ1) is 20.2. The average molecular weight is 390 g/mol. The molecule has 0 bridgehead atoms. The molecule has 0 aromatic heterocycles. The van der Waals surface area contributed by atoms with Gasteiger partial charge in [0, 0.05) is 17.8 Å². The van der Waals surface area contributed by atoms with Crippen LogP contribution in [-0.2, 0) is 9.84 Å². The molecular formula is C17H18F4N2O2S. The van der Waals surface area contributed by atoms with Gasteiger partial charge in [-0.05, 0) is 50.5 Å². The molecule has 1 N–H and O–H groups in total. The Balaban J connectivity index is 2.18. The normalized spacial score (nSPS) is 13.2. The van der Waals surface area contributed by atoms with Gasteiger partial charge in [0.25, 0.3) is 0 Å². The van der Waals surface area contributed by atoms with Crippen molar-refractivity contribution in [2.24, 2.45) is 0 Å². The van der Waals surface area contributed by atoms with Gasteiger partial charge in [-0.3, -0.25) is 0 Å². The van der Waals surface area contributed by atoms with E-state index in [2.05, 4.69) is 5.32 Å². The minimum Gasteiger partial charge on any atom is -0.383 e. The van der Waals surface area contributed by atoms with Gasteiger partial charge in [-0.15, -0.1) is 0 Å². The number of likely N-dealkylation sites (N-methyl/N-ethyl adjacent to an activating group) is 1. The SMILES string of the molecule is CN(C)C(CNc1ccc(S(=O)(=O)C(F)F)cc1)c1c(F)cccc1F. The summed E-state index contributed by atoms with van der Waals surface area (Å²) in [6, 6.07) is 7.71. The van der Waals surface area contributed by atoms with Gasteiger partial charge in [0.05, 0.1) is 10.9 Å². The monoisotopic (exact) mass is 390 g/mol. The van der Waals surface area contributed by atoms with Crippen LogP contribution in [0.2, 0.25) is 0 Å². The summed E-state index contributed by atoms with van der Waals surface area (Å²) in [4.78, 5) is 1.13. The highest BCUT2D eigenvalue weighted by Crippen LogP contribution is 2.26. The van der Waals surface area contributed by atoms with Crippen molar-refractivity contribution in [2.75, 3.05) is 26.0 Å². The molecule has 0 heterocycles. The van der Waals surface area contributed by atoms with Crippen LogP contribution in [0.1, 0.15) is 11.6 Å². The van der Waals surface area contributed by atoms with Crippen LogP contribution >= 0.6 is 0 Å². The van der Waals surface area contributed by atoms with E-state index in [0.717, 1.165) is 12.1 Å². The third-order valence-corrected chi connectivity index (χ3v) is 5.27. The summed E-state index contributed by atoms with van der Waals surface area (Å²) in [6.07, 6.45) is 0. The fraction of sp³-hybridized carbons (Fsp3) is 0.294. The number of alkyl halides is 2. The quantitative estimate of drug-likeness (QED) is 0.733. The number of rotatable bonds is 7. The molecule has 4 nitrogen and oxygen atoms in total. The molecule has 0 aliphatic carbocycles. The minimum absolute atomic E-state index is 0.0955. The lowest BCUT2D eigenvalue weighted by molar-refractivity contribution is 0.234. The zero-order valence-electron chi connectivity index (χ0n) is 14.1. The summed E-state index contributed by atoms with van der Waals surface area (Å²) >= 11 is 0. The molecule has 0 amide bonds. The van der Waals surface area contributed by atoms with Gasteiger partial charge in [0.2, 0.25) is 9.84 Å². The standard InChI is InChI=1S/C17H18F4N2O2S/c1-23(2)15(16-13(18)4-3-5-14(16)19)10-22-11-6-8-12(9-7-11)26(24,25)17(20)21/h3-9,15,17,22H,10H2,1-2H3. The van der Waals surface area contributed by atoms with Crippen molar-refractivity contribution in [2.45, 2.75) is 16.7 Å². The molecule has 26 heavy (non-hydrogen) atoms. The Bertz CT molecular complexity index is 835. The van der Waals surface area contributed by atoms with E-state index in [4.69, 9.17) is 0 Å². The van der Waals surface area contributed by atoms with Crippen LogP contribution in [0, 0.1) is 11.6 Å². The Morgan fingerprint density at radius 2 is 1.54 bits per heavy atom. The first-order chi connectivity index (χ1) is 12.1. The fourth-order valence-corrected chi connectivity index (χ4v) is 3.17. The van der Waals surface area contributed by atoms with Crippen molar-refractivity contribution in [1.82, 2.24) is 4.90 Å². The number of hydrogen-bond acceptors (Lipinski definition) is 4. The minimum atomic E-state index is -4.66. The molecule has 2 rings (SSSR count). The van der Waals surface area contributed by atoms with E-state index in [-0.39, 0.29) is 12.1 Å². The van der Waals surface area contributed by atoms with Crippen LogP contribution in [0.25, 0.3) is 0 Å². The highest BCUT2D eigenvalue weighted by Gasteiger charge is 2.26. The lowest BCUT2D eigenvalue weighted by Gasteiger charge is -2.26. The largest absolute Gasteiger partial charge is 0.383 e. The molecule has 0 spiro atoms. The van der Waals surface area contributed by atoms with Gasteiger partial charge in [-0.2, -0.15) is 8.78 Å². The zero-order valence-corrected chi connectivity index (χ0v) is 14.9. The second-order valence-corrected chi connectivity index (χ2v) is 7.74. The number of nitrogens with zero attached hydrogens (tertiary/aromatic N) is 1. The second-order valence-electron chi connectivity index (χ2n) is 5.83. The van der Waals surface area contributed by atoms with Gasteiger partial charge < -0.3 is 10.2 Å². The van der Waals surface area contributed by atoms with E-state index in [9.17, 15) is 26.0 Å². The first-order valence-corrected chi connectivity index (χ1v) is 9.15. The van der Waals surface area contributed by atoms with Crippen molar-refractivity contribution in [3.05, 3.63) is 59.7 Å². The highest BCUT2D eigenvalue weighted by molar-refractivity contribution is 7.91. The number of anilines is 1. The molecule has 1 unspecified atom stereocenters. The van der Waals surface area contributed by atoms with Crippen molar-refractivity contribution in [3.8, 4) is 0 Å². The van der Waals surface area contributed by atoms with Crippen LogP contribution in [0.5, 0.6) is 0 Å². The Hall–Kier alpha value is -2.13. The lowest BCUT2D eigenvalue weighted by atomic mass is 10.0. The van der Waals surface area contributed by atoms with Gasteiger partial charge in [0.1, 0.15) is 11.6 Å². The predicted molar refractivity (Wildman–Crippen MR) is 90.9 cm³/mol. The topological polar surface area (TPSA) is 49.4 Å². The molecule has 0 saturated heterocycles. The van der Waals surface area contributed by atoms with Gasteiger partial charge >= 0.3 is 5.76 Å². The fourth-order valence-electron chi connectivity index (χ4n) is 2.45. The number of sulfone groups is 1. The summed E-state index contributed by atoms with van der Waals surface area (Å²) in [5.41, 5.74) is 0.337. The first-order valence-electron chi connectivity index (χ1n) is 7.61. The van der Waals surface area contributed by atoms with Gasteiger partial charge in [-0.1, -0.05) is 6.07 Å². The smallest absolute Gasteiger partial charge is 0.341 e. The molecule has 2 aromatic carbocycles. The maximum Gasteiger partial charge on any atom is 0.341 e. The summed E-state index contributed by atoms with van der Waals surface area (Å²) in [5.74, 6) is -4.85. The Morgan fingerprint density at radius 1 is 1.00 bits per heavy atom. The van der Waals surface area contributed by atoms with E-state index in [1.807, 2.05) is 0 Å². The van der Waals surface area contributed by atoms with E-state index in [1.54, 1.807) is 19.0 Å². The molecule has 0 aliphatic heterocycles. The third kappa shape index (κ3) is 4.34. The second kappa shape index (κ2) is 8.05. The van der Waals surface area contributed by atoms with E-state index in [1.165, 1.54) is 30.3 Å². The van der Waals surface area contributed by atoms with E-state index < -0.39 is 38.2 Å². The summed E-state index contributed by atoms with van der Waals surface area (Å²) in [6.45, 7) is 0.117. The van der Waals surface area contributed by atoms with Crippen LogP contribution < -0.4 is 5.32 Å². The van der Waals surface area contributed by atoms with Crippen LogP contribution in [0.4, 0.5) is 23.2 Å². The van der Waals surface area contributed by atoms with Crippen molar-refractivity contribution >= 4 is 15.5 Å². The van der Waals surface area contributed by atoms with E-state index >= 15 is 0 Å². The average Bonchev–Trinajstić information content (AvgIpc) is 2.57. The van der Waals surface area contributed by atoms with Crippen molar-refractivity contribution < 1.29 is 26.0 Å². The molecule has 0 aliphatic rings. The maximum atomic E-state index is 14.0. The zero-order chi connectivity index (χ0) is 19.5.